The molecular formula is C24H36F2N4O5S. The van der Waals surface area contributed by atoms with Gasteiger partial charge in [0.15, 0.2) is 5.16 Å². The summed E-state index contributed by atoms with van der Waals surface area (Å²) in [7, 11) is 0. The van der Waals surface area contributed by atoms with Crippen LogP contribution in [0, 0.1) is 0 Å². The van der Waals surface area contributed by atoms with Gasteiger partial charge in [-0.3, -0.25) is 4.90 Å². The number of ether oxygens (including phenoxy) is 3. The molecule has 0 aromatic carbocycles. The third kappa shape index (κ3) is 7.81. The molecule has 3 rings (SSSR count). The number of rotatable bonds is 5. The van der Waals surface area contributed by atoms with E-state index in [1.54, 1.807) is 47.8 Å². The van der Waals surface area contributed by atoms with E-state index in [2.05, 4.69) is 9.97 Å². The smallest absolute Gasteiger partial charge is 0.416 e. The van der Waals surface area contributed by atoms with Crippen LogP contribution in [0.4, 0.5) is 24.2 Å². The molecule has 2 fully saturated rings. The van der Waals surface area contributed by atoms with E-state index < -0.39 is 35.4 Å². The van der Waals surface area contributed by atoms with E-state index in [1.807, 2.05) is 0 Å². The fourth-order valence-electron chi connectivity index (χ4n) is 3.85. The van der Waals surface area contributed by atoms with Gasteiger partial charge in [0, 0.05) is 24.9 Å². The molecule has 202 valence electrons. The van der Waals surface area contributed by atoms with Crippen molar-refractivity contribution in [3.8, 4) is 5.88 Å². The molecule has 0 N–H and O–H groups in total. The average Bonchev–Trinajstić information content (AvgIpc) is 2.69. The van der Waals surface area contributed by atoms with E-state index in [0.717, 1.165) is 0 Å². The van der Waals surface area contributed by atoms with E-state index in [4.69, 9.17) is 14.2 Å². The lowest BCUT2D eigenvalue weighted by Gasteiger charge is -2.39. The van der Waals surface area contributed by atoms with Crippen molar-refractivity contribution in [2.75, 3.05) is 24.2 Å². The molecule has 1 saturated heterocycles. The van der Waals surface area contributed by atoms with E-state index >= 15 is 0 Å². The summed E-state index contributed by atoms with van der Waals surface area (Å²) >= 11 is 1.26. The molecule has 2 aliphatic rings. The number of aromatic nitrogens is 2. The van der Waals surface area contributed by atoms with E-state index in [-0.39, 0.29) is 43.5 Å². The van der Waals surface area contributed by atoms with Crippen LogP contribution in [0.2, 0.25) is 0 Å². The number of halogens is 2. The molecule has 2 amide bonds. The van der Waals surface area contributed by atoms with Crippen LogP contribution in [0.15, 0.2) is 11.2 Å². The number of likely N-dealkylation sites (tertiary alicyclic amines) is 1. The molecule has 1 aliphatic carbocycles. The number of hydrogen-bond donors (Lipinski definition) is 0. The predicted octanol–water partition coefficient (Wildman–Crippen LogP) is 5.52. The monoisotopic (exact) mass is 530 g/mol. The van der Waals surface area contributed by atoms with Crippen LogP contribution in [0.5, 0.6) is 5.88 Å². The molecule has 1 aromatic heterocycles. The van der Waals surface area contributed by atoms with E-state index in [1.165, 1.54) is 27.6 Å². The maximum absolute atomic E-state index is 13.8. The Morgan fingerprint density at radius 2 is 1.64 bits per heavy atom. The third-order valence-electron chi connectivity index (χ3n) is 5.53. The van der Waals surface area contributed by atoms with Crippen molar-refractivity contribution >= 4 is 29.8 Å². The topological polar surface area (TPSA) is 94.1 Å². The Morgan fingerprint density at radius 3 is 2.17 bits per heavy atom. The average molecular weight is 531 g/mol. The molecule has 12 heteroatoms. The third-order valence-corrected chi connectivity index (χ3v) is 6.07. The SMILES string of the molecule is CSc1nc(OC2CN(C(=O)OC(C)(C)C)C2)cc(N(C(=O)OC(C)(C)C)C2CCC(F)(F)CC2)n1. The van der Waals surface area contributed by atoms with E-state index in [0.29, 0.717) is 18.2 Å². The zero-order valence-corrected chi connectivity index (χ0v) is 22.8. The molecule has 0 unspecified atom stereocenters. The lowest BCUT2D eigenvalue weighted by molar-refractivity contribution is -0.0388. The molecule has 36 heavy (non-hydrogen) atoms. The maximum Gasteiger partial charge on any atom is 0.416 e. The van der Waals surface area contributed by atoms with Crippen molar-refractivity contribution < 1.29 is 32.6 Å². The van der Waals surface area contributed by atoms with Crippen LogP contribution in [0.3, 0.4) is 0 Å². The largest absolute Gasteiger partial charge is 0.470 e. The number of anilines is 1. The Morgan fingerprint density at radius 1 is 1.06 bits per heavy atom. The molecule has 0 atom stereocenters. The zero-order chi connectivity index (χ0) is 26.9. The summed E-state index contributed by atoms with van der Waals surface area (Å²) < 4.78 is 44.6. The van der Waals surface area contributed by atoms with Crippen LogP contribution in [-0.2, 0) is 9.47 Å². The summed E-state index contributed by atoms with van der Waals surface area (Å²) in [6.45, 7) is 11.3. The van der Waals surface area contributed by atoms with Crippen molar-refractivity contribution in [2.45, 2.75) is 102 Å². The lowest BCUT2D eigenvalue weighted by Crippen LogP contribution is -2.57. The molecule has 9 nitrogen and oxygen atoms in total. The molecule has 0 radical (unpaired) electrons. The highest BCUT2D eigenvalue weighted by molar-refractivity contribution is 7.98. The minimum Gasteiger partial charge on any atom is -0.470 e. The van der Waals surface area contributed by atoms with Crippen LogP contribution < -0.4 is 9.64 Å². The van der Waals surface area contributed by atoms with Gasteiger partial charge in [0.2, 0.25) is 11.8 Å². The van der Waals surface area contributed by atoms with Gasteiger partial charge in [0.1, 0.15) is 23.1 Å². The summed E-state index contributed by atoms with van der Waals surface area (Å²) in [6.07, 6.45) is 0.0128. The molecule has 1 aromatic rings. The number of thioether (sulfide) groups is 1. The summed E-state index contributed by atoms with van der Waals surface area (Å²) in [4.78, 5) is 37.1. The van der Waals surface area contributed by atoms with Gasteiger partial charge in [-0.15, -0.1) is 0 Å². The second-order valence-corrected chi connectivity index (χ2v) is 11.9. The van der Waals surface area contributed by atoms with Crippen LogP contribution in [0.1, 0.15) is 67.2 Å². The molecule has 0 spiro atoms. The van der Waals surface area contributed by atoms with E-state index in [9.17, 15) is 18.4 Å². The van der Waals surface area contributed by atoms with Crippen molar-refractivity contribution in [2.24, 2.45) is 0 Å². The van der Waals surface area contributed by atoms with Gasteiger partial charge in [-0.05, 0) is 60.6 Å². The van der Waals surface area contributed by atoms with Gasteiger partial charge in [-0.25, -0.2) is 23.4 Å². The normalized spacial score (nSPS) is 18.9. The first kappa shape index (κ1) is 28.2. The number of carbonyl (C=O) groups excluding carboxylic acids is 2. The first-order valence-electron chi connectivity index (χ1n) is 12.0. The second kappa shape index (κ2) is 10.5. The second-order valence-electron chi connectivity index (χ2n) is 11.1. The van der Waals surface area contributed by atoms with Crippen LogP contribution in [0.25, 0.3) is 0 Å². The van der Waals surface area contributed by atoms with Crippen molar-refractivity contribution in [3.05, 3.63) is 6.07 Å². The molecule has 1 aliphatic heterocycles. The summed E-state index contributed by atoms with van der Waals surface area (Å²) in [5.41, 5.74) is -1.37. The summed E-state index contributed by atoms with van der Waals surface area (Å²) in [6, 6.07) is 1.02. The zero-order valence-electron chi connectivity index (χ0n) is 22.0. The van der Waals surface area contributed by atoms with Gasteiger partial charge >= 0.3 is 12.2 Å². The molecule has 1 saturated carbocycles. The Kier molecular flexibility index (Phi) is 8.26. The highest BCUT2D eigenvalue weighted by Gasteiger charge is 2.41. The highest BCUT2D eigenvalue weighted by atomic mass is 32.2. The van der Waals surface area contributed by atoms with Crippen LogP contribution >= 0.6 is 11.8 Å². The number of nitrogens with zero attached hydrogens (tertiary/aromatic N) is 4. The Hall–Kier alpha value is -2.37. The number of hydrogen-bond acceptors (Lipinski definition) is 8. The number of carbonyl (C=O) groups is 2. The van der Waals surface area contributed by atoms with Crippen molar-refractivity contribution in [1.82, 2.24) is 14.9 Å². The van der Waals surface area contributed by atoms with Gasteiger partial charge in [-0.2, -0.15) is 4.98 Å². The maximum atomic E-state index is 13.8. The molecular weight excluding hydrogens is 494 g/mol. The van der Waals surface area contributed by atoms with Gasteiger partial charge in [0.05, 0.1) is 13.1 Å². The Labute approximate surface area is 215 Å². The van der Waals surface area contributed by atoms with Crippen molar-refractivity contribution in [1.29, 1.82) is 0 Å². The minimum absolute atomic E-state index is 0.120. The fraction of sp³-hybridized carbons (Fsp3) is 0.750. The Balaban J connectivity index is 1.79. The van der Waals surface area contributed by atoms with Crippen LogP contribution in [-0.4, -0.2) is 75.7 Å². The standard InChI is InChI=1S/C24H36F2N4O5S/c1-22(2,3)34-20(31)29-13-16(14-29)33-18-12-17(27-19(28-18)36-7)30(21(32)35-23(4,5)6)15-8-10-24(25,26)11-9-15/h12,15-16H,8-11,13-14H2,1-7H3. The summed E-state index contributed by atoms with van der Waals surface area (Å²) in [5.74, 6) is -2.28. The quantitative estimate of drug-likeness (QED) is 0.363. The highest BCUT2D eigenvalue weighted by Crippen LogP contribution is 2.37. The van der Waals surface area contributed by atoms with Gasteiger partial charge < -0.3 is 19.1 Å². The minimum atomic E-state index is -2.75. The van der Waals surface area contributed by atoms with Gasteiger partial charge in [0.25, 0.3) is 0 Å². The predicted molar refractivity (Wildman–Crippen MR) is 132 cm³/mol. The van der Waals surface area contributed by atoms with Gasteiger partial charge in [-0.1, -0.05) is 11.8 Å². The lowest BCUT2D eigenvalue weighted by atomic mass is 9.91. The summed E-state index contributed by atoms with van der Waals surface area (Å²) in [5, 5.41) is 0.362. The first-order valence-corrected chi connectivity index (χ1v) is 13.3. The number of alkyl halides is 2. The fourth-order valence-corrected chi connectivity index (χ4v) is 4.22. The first-order chi connectivity index (χ1) is 16.5. The molecule has 0 bridgehead atoms. The number of amides is 2. The Bertz CT molecular complexity index is 951. The van der Waals surface area contributed by atoms with Crippen molar-refractivity contribution in [3.63, 3.8) is 0 Å². The molecule has 2 heterocycles.